The van der Waals surface area contributed by atoms with Gasteiger partial charge in [-0.15, -0.1) is 0 Å². The number of aliphatic hydroxyl groups excluding tert-OH is 1. The lowest BCUT2D eigenvalue weighted by atomic mass is 10.1. The summed E-state index contributed by atoms with van der Waals surface area (Å²) in [7, 11) is 0. The summed E-state index contributed by atoms with van der Waals surface area (Å²) in [5, 5.41) is 18.5. The van der Waals surface area contributed by atoms with E-state index >= 15 is 0 Å². The minimum Gasteiger partial charge on any atom is -0.508 e. The normalized spacial score (nSPS) is 12.0. The number of allylic oxidation sites excluding steroid dienone is 2. The van der Waals surface area contributed by atoms with Crippen LogP contribution < -0.4 is 11.5 Å². The van der Waals surface area contributed by atoms with E-state index in [1.807, 2.05) is 12.1 Å². The molecule has 2 aromatic carbocycles. The SMILES string of the molecule is C=C(O)c1ccc(/C(N)=C/C=C(\N)OCCc2ccc(O)cc2)cc1. The number of aliphatic hydroxyl groups is 1. The van der Waals surface area contributed by atoms with Gasteiger partial charge >= 0.3 is 0 Å². The highest BCUT2D eigenvalue weighted by Crippen LogP contribution is 2.15. The fourth-order valence-corrected chi connectivity index (χ4v) is 2.12. The molecule has 2 rings (SSSR count). The molecule has 0 aromatic heterocycles. The Hall–Kier alpha value is -3.34. The summed E-state index contributed by atoms with van der Waals surface area (Å²) < 4.78 is 5.44. The zero-order chi connectivity index (χ0) is 18.2. The summed E-state index contributed by atoms with van der Waals surface area (Å²) in [6, 6.07) is 14.0. The summed E-state index contributed by atoms with van der Waals surface area (Å²) in [5.74, 6) is 0.517. The molecule has 0 aliphatic carbocycles. The Balaban J connectivity index is 1.88. The molecule has 0 aliphatic rings. The molecule has 25 heavy (non-hydrogen) atoms. The fraction of sp³-hybridized carbons (Fsp3) is 0.100. The van der Waals surface area contributed by atoms with Gasteiger partial charge in [0.1, 0.15) is 11.5 Å². The number of nitrogens with two attached hydrogens (primary N) is 2. The predicted molar refractivity (Wildman–Crippen MR) is 100 cm³/mol. The van der Waals surface area contributed by atoms with Crippen LogP contribution in [0.15, 0.2) is 73.1 Å². The van der Waals surface area contributed by atoms with Crippen molar-refractivity contribution in [3.8, 4) is 5.75 Å². The lowest BCUT2D eigenvalue weighted by Crippen LogP contribution is -2.06. The Morgan fingerprint density at radius 3 is 2.16 bits per heavy atom. The van der Waals surface area contributed by atoms with Gasteiger partial charge in [-0.3, -0.25) is 0 Å². The summed E-state index contributed by atoms with van der Waals surface area (Å²) in [4.78, 5) is 0. The minimum atomic E-state index is 0.0141. The Morgan fingerprint density at radius 1 is 0.960 bits per heavy atom. The topological polar surface area (TPSA) is 102 Å². The average Bonchev–Trinajstić information content (AvgIpc) is 2.61. The zero-order valence-electron chi connectivity index (χ0n) is 13.9. The Labute approximate surface area is 147 Å². The fourth-order valence-electron chi connectivity index (χ4n) is 2.12. The van der Waals surface area contributed by atoms with Gasteiger partial charge in [-0.25, -0.2) is 0 Å². The van der Waals surface area contributed by atoms with E-state index < -0.39 is 0 Å². The van der Waals surface area contributed by atoms with Crippen LogP contribution in [-0.4, -0.2) is 16.8 Å². The average molecular weight is 338 g/mol. The van der Waals surface area contributed by atoms with Crippen LogP contribution in [0.1, 0.15) is 16.7 Å². The highest BCUT2D eigenvalue weighted by atomic mass is 16.5. The smallest absolute Gasteiger partial charge is 0.183 e. The molecule has 5 nitrogen and oxygen atoms in total. The van der Waals surface area contributed by atoms with Gasteiger partial charge in [0, 0.05) is 17.7 Å². The first-order valence-electron chi connectivity index (χ1n) is 7.78. The maximum Gasteiger partial charge on any atom is 0.183 e. The molecular formula is C20H22N2O3. The largest absolute Gasteiger partial charge is 0.508 e. The van der Waals surface area contributed by atoms with E-state index in [1.165, 1.54) is 0 Å². The predicted octanol–water partition coefficient (Wildman–Crippen LogP) is 3.28. The molecule has 0 atom stereocenters. The second-order valence-corrected chi connectivity index (χ2v) is 5.48. The number of aromatic hydroxyl groups is 1. The van der Waals surface area contributed by atoms with Gasteiger partial charge in [0.2, 0.25) is 0 Å². The summed E-state index contributed by atoms with van der Waals surface area (Å²) in [5.41, 5.74) is 14.8. The van der Waals surface area contributed by atoms with Crippen molar-refractivity contribution in [2.45, 2.75) is 6.42 Å². The van der Waals surface area contributed by atoms with Crippen molar-refractivity contribution < 1.29 is 14.9 Å². The van der Waals surface area contributed by atoms with Crippen LogP contribution in [0.4, 0.5) is 0 Å². The molecule has 2 aromatic rings. The lowest BCUT2D eigenvalue weighted by molar-refractivity contribution is 0.213. The summed E-state index contributed by atoms with van der Waals surface area (Å²) in [6.07, 6.45) is 3.95. The monoisotopic (exact) mass is 338 g/mol. The van der Waals surface area contributed by atoms with E-state index in [9.17, 15) is 10.2 Å². The van der Waals surface area contributed by atoms with Crippen LogP contribution in [0, 0.1) is 0 Å². The number of ether oxygens (including phenoxy) is 1. The van der Waals surface area contributed by atoms with Crippen LogP contribution in [0.2, 0.25) is 0 Å². The summed E-state index contributed by atoms with van der Waals surface area (Å²) >= 11 is 0. The summed E-state index contributed by atoms with van der Waals surface area (Å²) in [6.45, 7) is 3.89. The van der Waals surface area contributed by atoms with Crippen LogP contribution >= 0.6 is 0 Å². The molecule has 0 aliphatic heterocycles. The molecule has 0 unspecified atom stereocenters. The van der Waals surface area contributed by atoms with E-state index in [0.29, 0.717) is 24.3 Å². The van der Waals surface area contributed by atoms with Gasteiger partial charge in [0.15, 0.2) is 5.88 Å². The molecule has 130 valence electrons. The number of hydrogen-bond donors (Lipinski definition) is 4. The Kier molecular flexibility index (Phi) is 6.12. The van der Waals surface area contributed by atoms with E-state index in [4.69, 9.17) is 16.2 Å². The van der Waals surface area contributed by atoms with Crippen LogP contribution in [0.25, 0.3) is 11.5 Å². The standard InChI is InChI=1S/C20H22N2O3/c1-14(23)16-4-6-17(7-5-16)19(21)10-11-20(22)25-13-12-15-2-8-18(24)9-3-15/h2-11,23-24H,1,12-13,21-22H2/b19-10-,20-11+. The highest BCUT2D eigenvalue weighted by Gasteiger charge is 1.99. The first-order chi connectivity index (χ1) is 12.0. The van der Waals surface area contributed by atoms with E-state index in [0.717, 1.165) is 11.1 Å². The molecule has 0 saturated carbocycles. The third-order valence-electron chi connectivity index (χ3n) is 3.57. The zero-order valence-corrected chi connectivity index (χ0v) is 13.9. The molecule has 0 radical (unpaired) electrons. The molecule has 0 amide bonds. The lowest BCUT2D eigenvalue weighted by Gasteiger charge is -2.06. The van der Waals surface area contributed by atoms with Crippen LogP contribution in [0.5, 0.6) is 5.75 Å². The first-order valence-corrected chi connectivity index (χ1v) is 7.78. The highest BCUT2D eigenvalue weighted by molar-refractivity contribution is 5.66. The van der Waals surface area contributed by atoms with Gasteiger partial charge in [-0.05, 0) is 35.4 Å². The van der Waals surface area contributed by atoms with Gasteiger partial charge in [-0.1, -0.05) is 43.0 Å². The second kappa shape index (κ2) is 8.49. The van der Waals surface area contributed by atoms with Gasteiger partial charge in [-0.2, -0.15) is 0 Å². The third kappa shape index (κ3) is 5.66. The van der Waals surface area contributed by atoms with Crippen LogP contribution in [-0.2, 0) is 11.2 Å². The van der Waals surface area contributed by atoms with Crippen molar-refractivity contribution in [3.63, 3.8) is 0 Å². The number of phenols is 1. The van der Waals surface area contributed by atoms with Crippen molar-refractivity contribution in [1.82, 2.24) is 0 Å². The molecule has 5 heteroatoms. The molecule has 0 fully saturated rings. The third-order valence-corrected chi connectivity index (χ3v) is 3.57. The second-order valence-electron chi connectivity index (χ2n) is 5.48. The molecular weight excluding hydrogens is 316 g/mol. The number of hydrogen-bond acceptors (Lipinski definition) is 5. The maximum atomic E-state index is 9.31. The first kappa shape index (κ1) is 18.0. The number of phenolic OH excluding ortho intramolecular Hbond substituents is 1. The Morgan fingerprint density at radius 2 is 1.56 bits per heavy atom. The maximum absolute atomic E-state index is 9.31. The molecule has 6 N–H and O–H groups in total. The van der Waals surface area contributed by atoms with Crippen molar-refractivity contribution >= 4 is 11.5 Å². The van der Waals surface area contributed by atoms with Crippen molar-refractivity contribution in [3.05, 3.63) is 89.8 Å². The Bertz CT molecular complexity index is 776. The van der Waals surface area contributed by atoms with Gasteiger partial charge in [0.25, 0.3) is 0 Å². The molecule has 0 spiro atoms. The minimum absolute atomic E-state index is 0.0141. The van der Waals surface area contributed by atoms with Crippen LogP contribution in [0.3, 0.4) is 0 Å². The molecule has 0 heterocycles. The van der Waals surface area contributed by atoms with Gasteiger partial charge in [0.05, 0.1) is 6.61 Å². The number of benzene rings is 2. The van der Waals surface area contributed by atoms with E-state index in [2.05, 4.69) is 6.58 Å². The van der Waals surface area contributed by atoms with Gasteiger partial charge < -0.3 is 26.4 Å². The van der Waals surface area contributed by atoms with E-state index in [1.54, 1.807) is 48.6 Å². The molecule has 0 saturated heterocycles. The quantitative estimate of drug-likeness (QED) is 0.458. The number of rotatable bonds is 7. The van der Waals surface area contributed by atoms with Crippen molar-refractivity contribution in [2.24, 2.45) is 11.5 Å². The van der Waals surface area contributed by atoms with Crippen molar-refractivity contribution in [2.75, 3.05) is 6.61 Å². The molecule has 0 bridgehead atoms. The van der Waals surface area contributed by atoms with E-state index in [-0.39, 0.29) is 17.4 Å². The van der Waals surface area contributed by atoms with Crippen molar-refractivity contribution in [1.29, 1.82) is 0 Å².